The number of aromatic nitrogens is 2. The van der Waals surface area contributed by atoms with Crippen LogP contribution in [0.4, 0.5) is 5.95 Å². The van der Waals surface area contributed by atoms with Crippen molar-refractivity contribution < 1.29 is 0 Å². The van der Waals surface area contributed by atoms with Gasteiger partial charge in [0.25, 0.3) is 0 Å². The van der Waals surface area contributed by atoms with Gasteiger partial charge in [0, 0.05) is 13.6 Å². The predicted molar refractivity (Wildman–Crippen MR) is 84.1 cm³/mol. The Morgan fingerprint density at radius 2 is 1.95 bits per heavy atom. The second-order valence-corrected chi connectivity index (χ2v) is 5.15. The molecule has 0 unspecified atom stereocenters. The number of nitrogens with one attached hydrogen (secondary N) is 1. The highest BCUT2D eigenvalue weighted by Gasteiger charge is 2.05. The maximum atomic E-state index is 4.61. The molecule has 0 aliphatic heterocycles. The molecular weight excluding hydrogens is 246 g/mol. The van der Waals surface area contributed by atoms with E-state index in [9.17, 15) is 0 Å². The summed E-state index contributed by atoms with van der Waals surface area (Å²) in [6.07, 6.45) is 1.00. The third kappa shape index (κ3) is 2.52. The maximum absolute atomic E-state index is 4.61. The number of anilines is 1. The lowest BCUT2D eigenvalue weighted by atomic mass is 10.1. The molecule has 3 aromatic rings. The smallest absolute Gasteiger partial charge is 0.203 e. The summed E-state index contributed by atoms with van der Waals surface area (Å²) >= 11 is 0. The molecule has 102 valence electrons. The summed E-state index contributed by atoms with van der Waals surface area (Å²) in [6, 6.07) is 16.8. The SMILES string of the molecule is Cc1cccc(CCNc2nc3ccccc3n2C)c1. The molecule has 3 rings (SSSR count). The van der Waals surface area contributed by atoms with E-state index in [0.29, 0.717) is 0 Å². The second-order valence-electron chi connectivity index (χ2n) is 5.15. The molecule has 0 atom stereocenters. The van der Waals surface area contributed by atoms with Crippen molar-refractivity contribution in [3.8, 4) is 0 Å². The van der Waals surface area contributed by atoms with Crippen LogP contribution in [-0.2, 0) is 13.5 Å². The number of imidazole rings is 1. The highest BCUT2D eigenvalue weighted by Crippen LogP contribution is 2.17. The molecule has 0 aliphatic carbocycles. The van der Waals surface area contributed by atoms with Crippen molar-refractivity contribution in [3.05, 3.63) is 59.7 Å². The van der Waals surface area contributed by atoms with Gasteiger partial charge in [0.15, 0.2) is 0 Å². The van der Waals surface area contributed by atoms with Crippen molar-refractivity contribution in [3.63, 3.8) is 0 Å². The maximum Gasteiger partial charge on any atom is 0.203 e. The summed E-state index contributed by atoms with van der Waals surface area (Å²) in [4.78, 5) is 4.61. The molecule has 0 amide bonds. The lowest BCUT2D eigenvalue weighted by Gasteiger charge is -2.06. The Bertz CT molecular complexity index is 728. The van der Waals surface area contributed by atoms with Crippen LogP contribution in [0.5, 0.6) is 0 Å². The van der Waals surface area contributed by atoms with E-state index in [0.717, 1.165) is 29.9 Å². The van der Waals surface area contributed by atoms with Crippen molar-refractivity contribution in [1.29, 1.82) is 0 Å². The Labute approximate surface area is 119 Å². The molecule has 3 nitrogen and oxygen atoms in total. The van der Waals surface area contributed by atoms with E-state index in [1.165, 1.54) is 11.1 Å². The first kappa shape index (κ1) is 12.7. The predicted octanol–water partition coefficient (Wildman–Crippen LogP) is 3.54. The Kier molecular flexibility index (Phi) is 3.42. The molecule has 0 spiro atoms. The minimum atomic E-state index is 0.889. The van der Waals surface area contributed by atoms with Gasteiger partial charge in [0.1, 0.15) is 0 Å². The van der Waals surface area contributed by atoms with Gasteiger partial charge in [-0.15, -0.1) is 0 Å². The van der Waals surface area contributed by atoms with Gasteiger partial charge in [0.05, 0.1) is 11.0 Å². The molecule has 0 bridgehead atoms. The summed E-state index contributed by atoms with van der Waals surface area (Å²) in [7, 11) is 2.05. The standard InChI is InChI=1S/C17H19N3/c1-13-6-5-7-14(12-13)10-11-18-17-19-15-8-3-4-9-16(15)20(17)2/h3-9,12H,10-11H2,1-2H3,(H,18,19). The third-order valence-corrected chi connectivity index (χ3v) is 3.57. The van der Waals surface area contributed by atoms with Crippen molar-refractivity contribution in [2.24, 2.45) is 7.05 Å². The Hall–Kier alpha value is -2.29. The topological polar surface area (TPSA) is 29.9 Å². The summed E-state index contributed by atoms with van der Waals surface area (Å²) in [5.41, 5.74) is 4.86. The average molecular weight is 265 g/mol. The first-order chi connectivity index (χ1) is 9.74. The van der Waals surface area contributed by atoms with Crippen molar-refractivity contribution in [2.45, 2.75) is 13.3 Å². The number of benzene rings is 2. The average Bonchev–Trinajstić information content (AvgIpc) is 2.76. The Morgan fingerprint density at radius 3 is 2.75 bits per heavy atom. The lowest BCUT2D eigenvalue weighted by molar-refractivity contribution is 0.911. The van der Waals surface area contributed by atoms with Gasteiger partial charge in [-0.25, -0.2) is 4.98 Å². The minimum Gasteiger partial charge on any atom is -0.355 e. The number of nitrogens with zero attached hydrogens (tertiary/aromatic N) is 2. The van der Waals surface area contributed by atoms with Crippen LogP contribution in [0.3, 0.4) is 0 Å². The third-order valence-electron chi connectivity index (χ3n) is 3.57. The van der Waals surface area contributed by atoms with Gasteiger partial charge in [-0.3, -0.25) is 0 Å². The van der Waals surface area contributed by atoms with E-state index in [-0.39, 0.29) is 0 Å². The van der Waals surface area contributed by atoms with Crippen molar-refractivity contribution in [2.75, 3.05) is 11.9 Å². The quantitative estimate of drug-likeness (QED) is 0.782. The lowest BCUT2D eigenvalue weighted by Crippen LogP contribution is -2.09. The van der Waals surface area contributed by atoms with Crippen molar-refractivity contribution >= 4 is 17.0 Å². The number of para-hydroxylation sites is 2. The molecule has 2 aromatic carbocycles. The minimum absolute atomic E-state index is 0.889. The van der Waals surface area contributed by atoms with E-state index in [4.69, 9.17) is 0 Å². The zero-order chi connectivity index (χ0) is 13.9. The number of aryl methyl sites for hydroxylation is 2. The molecular formula is C17H19N3. The number of rotatable bonds is 4. The van der Waals surface area contributed by atoms with E-state index >= 15 is 0 Å². The van der Waals surface area contributed by atoms with Gasteiger partial charge in [0.2, 0.25) is 5.95 Å². The van der Waals surface area contributed by atoms with Crippen LogP contribution in [0, 0.1) is 6.92 Å². The van der Waals surface area contributed by atoms with Gasteiger partial charge in [-0.2, -0.15) is 0 Å². The second kappa shape index (κ2) is 5.37. The molecule has 0 radical (unpaired) electrons. The summed E-state index contributed by atoms with van der Waals surface area (Å²) in [5, 5.41) is 3.42. The molecule has 1 N–H and O–H groups in total. The summed E-state index contributed by atoms with van der Waals surface area (Å²) in [6.45, 7) is 3.02. The highest BCUT2D eigenvalue weighted by atomic mass is 15.2. The van der Waals surface area contributed by atoms with E-state index in [2.05, 4.69) is 52.1 Å². The van der Waals surface area contributed by atoms with Crippen LogP contribution in [0.1, 0.15) is 11.1 Å². The summed E-state index contributed by atoms with van der Waals surface area (Å²) in [5.74, 6) is 0.929. The normalized spacial score (nSPS) is 10.9. The molecule has 1 heterocycles. The molecule has 1 aromatic heterocycles. The van der Waals surface area contributed by atoms with Crippen molar-refractivity contribution in [1.82, 2.24) is 9.55 Å². The monoisotopic (exact) mass is 265 g/mol. The van der Waals surface area contributed by atoms with Crippen LogP contribution in [0.2, 0.25) is 0 Å². The van der Waals surface area contributed by atoms with Gasteiger partial charge in [-0.1, -0.05) is 42.0 Å². The fraction of sp³-hybridized carbons (Fsp3) is 0.235. The fourth-order valence-electron chi connectivity index (χ4n) is 2.49. The highest BCUT2D eigenvalue weighted by molar-refractivity contribution is 5.78. The molecule has 0 fully saturated rings. The van der Waals surface area contributed by atoms with Crippen LogP contribution < -0.4 is 5.32 Å². The molecule has 0 saturated carbocycles. The number of fused-ring (bicyclic) bond motifs is 1. The molecule has 20 heavy (non-hydrogen) atoms. The number of hydrogen-bond donors (Lipinski definition) is 1. The van der Waals surface area contributed by atoms with E-state index < -0.39 is 0 Å². The van der Waals surface area contributed by atoms with Crippen LogP contribution in [-0.4, -0.2) is 16.1 Å². The van der Waals surface area contributed by atoms with E-state index in [1.807, 2.05) is 25.2 Å². The summed E-state index contributed by atoms with van der Waals surface area (Å²) < 4.78 is 2.10. The Balaban J connectivity index is 1.69. The van der Waals surface area contributed by atoms with Gasteiger partial charge >= 0.3 is 0 Å². The Morgan fingerprint density at radius 1 is 1.10 bits per heavy atom. The largest absolute Gasteiger partial charge is 0.355 e. The van der Waals surface area contributed by atoms with E-state index in [1.54, 1.807) is 0 Å². The van der Waals surface area contributed by atoms with Crippen LogP contribution in [0.25, 0.3) is 11.0 Å². The molecule has 0 aliphatic rings. The number of hydrogen-bond acceptors (Lipinski definition) is 2. The zero-order valence-electron chi connectivity index (χ0n) is 11.9. The van der Waals surface area contributed by atoms with Crippen LogP contribution in [0.15, 0.2) is 48.5 Å². The van der Waals surface area contributed by atoms with Gasteiger partial charge < -0.3 is 9.88 Å². The zero-order valence-corrected chi connectivity index (χ0v) is 11.9. The molecule has 0 saturated heterocycles. The first-order valence-corrected chi connectivity index (χ1v) is 6.95. The van der Waals surface area contributed by atoms with Gasteiger partial charge in [-0.05, 0) is 31.0 Å². The van der Waals surface area contributed by atoms with Crippen LogP contribution >= 0.6 is 0 Å². The fourth-order valence-corrected chi connectivity index (χ4v) is 2.49. The molecule has 3 heteroatoms. The first-order valence-electron chi connectivity index (χ1n) is 6.95.